The van der Waals surface area contributed by atoms with Crippen molar-refractivity contribution in [3.63, 3.8) is 0 Å². The van der Waals surface area contributed by atoms with Crippen LogP contribution in [-0.2, 0) is 14.3 Å². The monoisotopic (exact) mass is 227 g/mol. The summed E-state index contributed by atoms with van der Waals surface area (Å²) in [7, 11) is 0. The van der Waals surface area contributed by atoms with Gasteiger partial charge in [-0.1, -0.05) is 0 Å². The molecule has 0 radical (unpaired) electrons. The Bertz CT molecular complexity index is 320. The zero-order valence-corrected chi connectivity index (χ0v) is 9.86. The van der Waals surface area contributed by atoms with E-state index in [9.17, 15) is 9.59 Å². The first-order chi connectivity index (χ1) is 7.38. The van der Waals surface area contributed by atoms with Crippen LogP contribution in [0.1, 0.15) is 27.2 Å². The largest absolute Gasteiger partial charge is 0.444 e. The molecule has 2 aliphatic rings. The van der Waals surface area contributed by atoms with Crippen LogP contribution in [0, 0.1) is 0 Å². The van der Waals surface area contributed by atoms with Gasteiger partial charge in [-0.3, -0.25) is 9.69 Å². The Labute approximate surface area is 94.7 Å². The third kappa shape index (κ3) is 2.04. The first-order valence-electron chi connectivity index (χ1n) is 5.52. The number of hydrogen-bond acceptors (Lipinski definition) is 4. The third-order valence-electron chi connectivity index (χ3n) is 2.74. The van der Waals surface area contributed by atoms with Crippen LogP contribution < -0.4 is 0 Å². The van der Waals surface area contributed by atoms with Crippen LogP contribution in [0.25, 0.3) is 0 Å². The molecule has 2 unspecified atom stereocenters. The van der Waals surface area contributed by atoms with E-state index < -0.39 is 17.7 Å². The molecule has 2 saturated heterocycles. The SMILES string of the molecule is CC(C)(C)OC(=O)N1CCC2OCC(=O)C21. The van der Waals surface area contributed by atoms with E-state index in [4.69, 9.17) is 9.47 Å². The number of amides is 1. The Hall–Kier alpha value is -1.10. The number of rotatable bonds is 0. The van der Waals surface area contributed by atoms with Crippen molar-refractivity contribution in [2.24, 2.45) is 0 Å². The number of ether oxygens (including phenoxy) is 2. The molecule has 16 heavy (non-hydrogen) atoms. The van der Waals surface area contributed by atoms with Gasteiger partial charge in [-0.15, -0.1) is 0 Å². The maximum Gasteiger partial charge on any atom is 0.410 e. The molecule has 0 aliphatic carbocycles. The Balaban J connectivity index is 2.05. The lowest BCUT2D eigenvalue weighted by molar-refractivity contribution is -0.121. The summed E-state index contributed by atoms with van der Waals surface area (Å²) >= 11 is 0. The van der Waals surface area contributed by atoms with Crippen molar-refractivity contribution >= 4 is 11.9 Å². The molecule has 90 valence electrons. The topological polar surface area (TPSA) is 55.8 Å². The molecule has 2 atom stereocenters. The Morgan fingerprint density at radius 1 is 1.50 bits per heavy atom. The molecule has 1 amide bonds. The van der Waals surface area contributed by atoms with Gasteiger partial charge < -0.3 is 9.47 Å². The molecular formula is C11H17NO4. The normalized spacial score (nSPS) is 29.4. The van der Waals surface area contributed by atoms with Gasteiger partial charge in [0.25, 0.3) is 0 Å². The summed E-state index contributed by atoms with van der Waals surface area (Å²) in [6, 6.07) is -0.421. The van der Waals surface area contributed by atoms with Gasteiger partial charge in [0, 0.05) is 6.54 Å². The molecule has 0 aromatic rings. The van der Waals surface area contributed by atoms with Crippen LogP contribution in [0.3, 0.4) is 0 Å². The van der Waals surface area contributed by atoms with Crippen LogP contribution in [0.5, 0.6) is 0 Å². The summed E-state index contributed by atoms with van der Waals surface area (Å²) < 4.78 is 10.6. The van der Waals surface area contributed by atoms with Gasteiger partial charge in [-0.25, -0.2) is 4.79 Å². The van der Waals surface area contributed by atoms with E-state index in [-0.39, 0.29) is 18.5 Å². The van der Waals surface area contributed by atoms with E-state index in [1.54, 1.807) is 0 Å². The number of Topliss-reactive ketones (excluding diaryl/α,β-unsaturated/α-hetero) is 1. The Morgan fingerprint density at radius 2 is 2.19 bits per heavy atom. The minimum absolute atomic E-state index is 0.0200. The second kappa shape index (κ2) is 3.73. The summed E-state index contributed by atoms with van der Waals surface area (Å²) in [5, 5.41) is 0. The second-order valence-corrected chi connectivity index (χ2v) is 5.22. The van der Waals surface area contributed by atoms with Gasteiger partial charge in [0.2, 0.25) is 0 Å². The molecule has 2 heterocycles. The highest BCUT2D eigenvalue weighted by Crippen LogP contribution is 2.28. The summed E-state index contributed by atoms with van der Waals surface area (Å²) in [4.78, 5) is 24.9. The van der Waals surface area contributed by atoms with Crippen molar-refractivity contribution in [1.29, 1.82) is 0 Å². The second-order valence-electron chi connectivity index (χ2n) is 5.22. The van der Waals surface area contributed by atoms with Gasteiger partial charge >= 0.3 is 6.09 Å². The van der Waals surface area contributed by atoms with Crippen LogP contribution >= 0.6 is 0 Å². The molecule has 0 saturated carbocycles. The van der Waals surface area contributed by atoms with Gasteiger partial charge in [-0.2, -0.15) is 0 Å². The number of fused-ring (bicyclic) bond motifs is 1. The first-order valence-corrected chi connectivity index (χ1v) is 5.52. The molecule has 0 N–H and O–H groups in total. The average molecular weight is 227 g/mol. The molecule has 5 nitrogen and oxygen atoms in total. The summed E-state index contributed by atoms with van der Waals surface area (Å²) in [5.74, 6) is -0.0200. The predicted molar refractivity (Wildman–Crippen MR) is 56.1 cm³/mol. The van der Waals surface area contributed by atoms with E-state index in [1.165, 1.54) is 4.90 Å². The third-order valence-corrected chi connectivity index (χ3v) is 2.74. The molecule has 2 aliphatic heterocycles. The molecule has 0 bridgehead atoms. The number of ketones is 1. The zero-order chi connectivity index (χ0) is 11.9. The van der Waals surface area contributed by atoms with E-state index in [0.717, 1.165) is 6.42 Å². The van der Waals surface area contributed by atoms with Gasteiger partial charge in [-0.05, 0) is 27.2 Å². The summed E-state index contributed by atoms with van der Waals surface area (Å²) in [6.07, 6.45) is 0.175. The van der Waals surface area contributed by atoms with Crippen molar-refractivity contribution < 1.29 is 19.1 Å². The summed E-state index contributed by atoms with van der Waals surface area (Å²) in [5.41, 5.74) is -0.530. The fourth-order valence-electron chi connectivity index (χ4n) is 2.12. The van der Waals surface area contributed by atoms with E-state index >= 15 is 0 Å². The maximum absolute atomic E-state index is 11.8. The standard InChI is InChI=1S/C11H17NO4/c1-11(2,3)16-10(14)12-5-4-8-9(12)7(13)6-15-8/h8-9H,4-6H2,1-3H3. The van der Waals surface area contributed by atoms with Crippen LogP contribution in [0.4, 0.5) is 4.79 Å². The van der Waals surface area contributed by atoms with Gasteiger partial charge in [0.1, 0.15) is 18.2 Å². The highest BCUT2D eigenvalue weighted by Gasteiger charge is 2.47. The van der Waals surface area contributed by atoms with Crippen molar-refractivity contribution in [2.45, 2.75) is 44.9 Å². The predicted octanol–water partition coefficient (Wildman–Crippen LogP) is 0.964. The minimum Gasteiger partial charge on any atom is -0.444 e. The first kappa shape index (κ1) is 11.4. The number of nitrogens with zero attached hydrogens (tertiary/aromatic N) is 1. The van der Waals surface area contributed by atoms with Crippen LogP contribution in [0.15, 0.2) is 0 Å². The van der Waals surface area contributed by atoms with Crippen molar-refractivity contribution in [3.8, 4) is 0 Å². The molecule has 2 fully saturated rings. The average Bonchev–Trinajstić information content (AvgIpc) is 2.66. The van der Waals surface area contributed by atoms with Crippen molar-refractivity contribution in [2.75, 3.05) is 13.2 Å². The van der Waals surface area contributed by atoms with Crippen molar-refractivity contribution in [1.82, 2.24) is 4.90 Å². The smallest absolute Gasteiger partial charge is 0.410 e. The lowest BCUT2D eigenvalue weighted by Crippen LogP contribution is -2.44. The molecule has 0 aromatic heterocycles. The lowest BCUT2D eigenvalue weighted by Gasteiger charge is -2.26. The zero-order valence-electron chi connectivity index (χ0n) is 9.86. The molecular weight excluding hydrogens is 210 g/mol. The molecule has 0 aromatic carbocycles. The Morgan fingerprint density at radius 3 is 2.81 bits per heavy atom. The number of carbonyl (C=O) groups excluding carboxylic acids is 2. The van der Waals surface area contributed by atoms with Gasteiger partial charge in [0.05, 0.1) is 6.10 Å². The number of hydrogen-bond donors (Lipinski definition) is 0. The Kier molecular flexibility index (Phi) is 2.66. The lowest BCUT2D eigenvalue weighted by atomic mass is 10.1. The van der Waals surface area contributed by atoms with E-state index in [0.29, 0.717) is 6.54 Å². The fourth-order valence-corrected chi connectivity index (χ4v) is 2.12. The highest BCUT2D eigenvalue weighted by molar-refractivity contribution is 5.91. The van der Waals surface area contributed by atoms with Gasteiger partial charge in [0.15, 0.2) is 5.78 Å². The fraction of sp³-hybridized carbons (Fsp3) is 0.818. The number of carbonyl (C=O) groups is 2. The molecule has 0 spiro atoms. The summed E-state index contributed by atoms with van der Waals surface area (Å²) in [6.45, 7) is 6.09. The van der Waals surface area contributed by atoms with Crippen LogP contribution in [-0.4, -0.2) is 47.7 Å². The minimum atomic E-state index is -0.530. The highest BCUT2D eigenvalue weighted by atomic mass is 16.6. The molecule has 5 heteroatoms. The van der Waals surface area contributed by atoms with Crippen molar-refractivity contribution in [3.05, 3.63) is 0 Å². The maximum atomic E-state index is 11.8. The quantitative estimate of drug-likeness (QED) is 0.618. The van der Waals surface area contributed by atoms with E-state index in [1.807, 2.05) is 20.8 Å². The van der Waals surface area contributed by atoms with E-state index in [2.05, 4.69) is 0 Å². The molecule has 2 rings (SSSR count). The number of likely N-dealkylation sites (tertiary alicyclic amines) is 1. The van der Waals surface area contributed by atoms with Crippen LogP contribution in [0.2, 0.25) is 0 Å².